The van der Waals surface area contributed by atoms with Crippen molar-refractivity contribution in [2.45, 2.75) is 31.2 Å². The molecule has 0 radical (unpaired) electrons. The van der Waals surface area contributed by atoms with Gasteiger partial charge in [0, 0.05) is 18.5 Å². The molecule has 0 atom stereocenters. The average molecular weight is 325 g/mol. The average Bonchev–Trinajstić information content (AvgIpc) is 2.60. The van der Waals surface area contributed by atoms with Gasteiger partial charge >= 0.3 is 0 Å². The summed E-state index contributed by atoms with van der Waals surface area (Å²) in [4.78, 5) is 18.9. The third-order valence-corrected chi connectivity index (χ3v) is 5.15. The molecule has 1 amide bonds. The number of hydrogen-bond acceptors (Lipinski definition) is 4. The highest BCUT2D eigenvalue weighted by Crippen LogP contribution is 2.26. The SMILES string of the molecule is Cc1cccc2cc(C#N)c(SCC(=O)N3CCCCC3)nc12. The minimum Gasteiger partial charge on any atom is -0.342 e. The Labute approximate surface area is 140 Å². The Morgan fingerprint density at radius 2 is 2.13 bits per heavy atom. The first kappa shape index (κ1) is 15.8. The van der Waals surface area contributed by atoms with Crippen molar-refractivity contribution in [1.29, 1.82) is 5.26 Å². The summed E-state index contributed by atoms with van der Waals surface area (Å²) in [5.41, 5.74) is 2.52. The van der Waals surface area contributed by atoms with Gasteiger partial charge in [0.2, 0.25) is 5.91 Å². The summed E-state index contributed by atoms with van der Waals surface area (Å²) >= 11 is 1.37. The van der Waals surface area contributed by atoms with Crippen LogP contribution in [0.25, 0.3) is 10.9 Å². The molecule has 1 saturated heterocycles. The zero-order chi connectivity index (χ0) is 16.2. The van der Waals surface area contributed by atoms with Crippen LogP contribution in [0.3, 0.4) is 0 Å². The number of pyridine rings is 1. The van der Waals surface area contributed by atoms with Crippen LogP contribution in [0, 0.1) is 18.3 Å². The minimum absolute atomic E-state index is 0.144. The highest BCUT2D eigenvalue weighted by molar-refractivity contribution is 8.00. The van der Waals surface area contributed by atoms with Crippen molar-refractivity contribution in [1.82, 2.24) is 9.88 Å². The molecule has 1 aliphatic rings. The molecule has 1 aliphatic heterocycles. The number of piperidine rings is 1. The second-order valence-corrected chi connectivity index (χ2v) is 6.79. The lowest BCUT2D eigenvalue weighted by Gasteiger charge is -2.26. The summed E-state index contributed by atoms with van der Waals surface area (Å²) in [7, 11) is 0. The first-order valence-electron chi connectivity index (χ1n) is 7.90. The van der Waals surface area contributed by atoms with E-state index in [0.29, 0.717) is 16.3 Å². The molecule has 4 nitrogen and oxygen atoms in total. The van der Waals surface area contributed by atoms with Gasteiger partial charge in [-0.2, -0.15) is 5.26 Å². The van der Waals surface area contributed by atoms with Gasteiger partial charge in [-0.3, -0.25) is 4.79 Å². The van der Waals surface area contributed by atoms with Gasteiger partial charge in [-0.1, -0.05) is 30.0 Å². The summed E-state index contributed by atoms with van der Waals surface area (Å²) < 4.78 is 0. The molecule has 1 aromatic carbocycles. The maximum absolute atomic E-state index is 12.3. The molecule has 2 heterocycles. The standard InChI is InChI=1S/C18H19N3OS/c1-13-6-5-7-14-10-15(11-19)18(20-17(13)14)23-12-16(22)21-8-3-2-4-9-21/h5-7,10H,2-4,8-9,12H2,1H3. The van der Waals surface area contributed by atoms with Crippen LogP contribution in [-0.2, 0) is 4.79 Å². The molecule has 3 rings (SSSR count). The van der Waals surface area contributed by atoms with Crippen LogP contribution < -0.4 is 0 Å². The number of aryl methyl sites for hydroxylation is 1. The fourth-order valence-corrected chi connectivity index (χ4v) is 3.74. The van der Waals surface area contributed by atoms with E-state index in [1.54, 1.807) is 0 Å². The number of benzene rings is 1. The summed E-state index contributed by atoms with van der Waals surface area (Å²) in [6.45, 7) is 3.72. The first-order valence-corrected chi connectivity index (χ1v) is 8.88. The lowest BCUT2D eigenvalue weighted by atomic mass is 10.1. The number of rotatable bonds is 3. The second-order valence-electron chi connectivity index (χ2n) is 5.83. The molecule has 5 heteroatoms. The van der Waals surface area contributed by atoms with Gasteiger partial charge in [0.1, 0.15) is 11.1 Å². The number of para-hydroxylation sites is 1. The van der Waals surface area contributed by atoms with Gasteiger partial charge in [0.25, 0.3) is 0 Å². The summed E-state index contributed by atoms with van der Waals surface area (Å²) in [5, 5.41) is 11.0. The third kappa shape index (κ3) is 3.48. The van der Waals surface area contributed by atoms with E-state index in [-0.39, 0.29) is 5.91 Å². The van der Waals surface area contributed by atoms with Gasteiger partial charge in [-0.05, 0) is 37.8 Å². The van der Waals surface area contributed by atoms with Gasteiger partial charge in [0.15, 0.2) is 0 Å². The van der Waals surface area contributed by atoms with Crippen LogP contribution in [0.1, 0.15) is 30.4 Å². The van der Waals surface area contributed by atoms with Crippen molar-refractivity contribution in [3.05, 3.63) is 35.4 Å². The molecule has 0 saturated carbocycles. The topological polar surface area (TPSA) is 57.0 Å². The molecule has 118 valence electrons. The predicted molar refractivity (Wildman–Crippen MR) is 92.4 cm³/mol. The number of thioether (sulfide) groups is 1. The van der Waals surface area contributed by atoms with Crippen molar-refractivity contribution < 1.29 is 4.79 Å². The zero-order valence-corrected chi connectivity index (χ0v) is 14.0. The van der Waals surface area contributed by atoms with E-state index in [1.807, 2.05) is 36.1 Å². The van der Waals surface area contributed by atoms with Gasteiger partial charge in [-0.15, -0.1) is 0 Å². The fourth-order valence-electron chi connectivity index (χ4n) is 2.88. The van der Waals surface area contributed by atoms with Crippen LogP contribution in [-0.4, -0.2) is 34.6 Å². The Balaban J connectivity index is 1.80. The molecular weight excluding hydrogens is 306 g/mol. The summed E-state index contributed by atoms with van der Waals surface area (Å²) in [6, 6.07) is 10.0. The van der Waals surface area contributed by atoms with E-state index in [1.165, 1.54) is 18.2 Å². The van der Waals surface area contributed by atoms with Crippen molar-refractivity contribution >= 4 is 28.6 Å². The molecule has 0 unspecified atom stereocenters. The fraction of sp³-hybridized carbons (Fsp3) is 0.389. The van der Waals surface area contributed by atoms with Crippen molar-refractivity contribution in [3.63, 3.8) is 0 Å². The van der Waals surface area contributed by atoms with Crippen LogP contribution >= 0.6 is 11.8 Å². The Morgan fingerprint density at radius 1 is 1.35 bits per heavy atom. The number of carbonyl (C=O) groups is 1. The Morgan fingerprint density at radius 3 is 2.87 bits per heavy atom. The molecule has 23 heavy (non-hydrogen) atoms. The van der Waals surface area contributed by atoms with Crippen LogP contribution in [0.2, 0.25) is 0 Å². The molecule has 1 aromatic heterocycles. The molecular formula is C18H19N3OS. The molecule has 0 N–H and O–H groups in total. The first-order chi connectivity index (χ1) is 11.2. The van der Waals surface area contributed by atoms with Crippen molar-refractivity contribution in [2.24, 2.45) is 0 Å². The van der Waals surface area contributed by atoms with Crippen LogP contribution in [0.15, 0.2) is 29.3 Å². The second kappa shape index (κ2) is 7.01. The van der Waals surface area contributed by atoms with Gasteiger partial charge < -0.3 is 4.90 Å². The maximum atomic E-state index is 12.3. The smallest absolute Gasteiger partial charge is 0.232 e. The number of aromatic nitrogens is 1. The molecule has 1 fully saturated rings. The molecule has 2 aromatic rings. The number of fused-ring (bicyclic) bond motifs is 1. The number of nitriles is 1. The van der Waals surface area contributed by atoms with E-state index < -0.39 is 0 Å². The largest absolute Gasteiger partial charge is 0.342 e. The van der Waals surface area contributed by atoms with E-state index in [0.717, 1.165) is 42.4 Å². The molecule has 0 bridgehead atoms. The number of amides is 1. The Bertz CT molecular complexity index is 776. The number of likely N-dealkylation sites (tertiary alicyclic amines) is 1. The highest BCUT2D eigenvalue weighted by Gasteiger charge is 2.18. The van der Waals surface area contributed by atoms with Crippen LogP contribution in [0.5, 0.6) is 0 Å². The quantitative estimate of drug-likeness (QED) is 0.810. The third-order valence-electron chi connectivity index (χ3n) is 4.17. The summed E-state index contributed by atoms with van der Waals surface area (Å²) in [6.07, 6.45) is 3.39. The zero-order valence-electron chi connectivity index (χ0n) is 13.2. The normalized spacial score (nSPS) is 14.7. The Hall–Kier alpha value is -2.06. The number of carbonyl (C=O) groups excluding carboxylic acids is 1. The lowest BCUT2D eigenvalue weighted by molar-refractivity contribution is -0.129. The van der Waals surface area contributed by atoms with Crippen molar-refractivity contribution in [3.8, 4) is 6.07 Å². The van der Waals surface area contributed by atoms with E-state index in [9.17, 15) is 10.1 Å². The minimum atomic E-state index is 0.144. The number of hydrogen-bond donors (Lipinski definition) is 0. The molecule has 0 aliphatic carbocycles. The van der Waals surface area contributed by atoms with E-state index >= 15 is 0 Å². The van der Waals surface area contributed by atoms with Crippen molar-refractivity contribution in [2.75, 3.05) is 18.8 Å². The maximum Gasteiger partial charge on any atom is 0.232 e. The lowest BCUT2D eigenvalue weighted by Crippen LogP contribution is -2.36. The monoisotopic (exact) mass is 325 g/mol. The predicted octanol–water partition coefficient (Wildman–Crippen LogP) is 3.52. The molecule has 0 spiro atoms. The van der Waals surface area contributed by atoms with Gasteiger partial charge in [0.05, 0.1) is 16.8 Å². The van der Waals surface area contributed by atoms with E-state index in [2.05, 4.69) is 11.1 Å². The van der Waals surface area contributed by atoms with Crippen LogP contribution in [0.4, 0.5) is 0 Å². The number of nitrogens with zero attached hydrogens (tertiary/aromatic N) is 3. The Kier molecular flexibility index (Phi) is 4.82. The van der Waals surface area contributed by atoms with E-state index in [4.69, 9.17) is 0 Å². The van der Waals surface area contributed by atoms with Gasteiger partial charge in [-0.25, -0.2) is 4.98 Å². The summed E-state index contributed by atoms with van der Waals surface area (Å²) in [5.74, 6) is 0.490. The highest BCUT2D eigenvalue weighted by atomic mass is 32.2.